The lowest BCUT2D eigenvalue weighted by molar-refractivity contribution is -0.108. The number of rotatable bonds is 8. The SMILES string of the molecule is C[C@@]1(OC(=O)c2ccccc2)C(OC(=O)c2ccccc2)C(COC(=O)c2ccccc2)OC1n1cnc2cnc(N)nc21. The van der Waals surface area contributed by atoms with E-state index >= 15 is 0 Å². The monoisotopic (exact) mass is 593 g/mol. The van der Waals surface area contributed by atoms with Crippen molar-refractivity contribution in [2.45, 2.75) is 31.0 Å². The van der Waals surface area contributed by atoms with Gasteiger partial charge in [0.15, 0.2) is 23.6 Å². The molecular formula is C32H27N5O7. The van der Waals surface area contributed by atoms with Crippen LogP contribution >= 0.6 is 0 Å². The van der Waals surface area contributed by atoms with Gasteiger partial charge >= 0.3 is 17.9 Å². The van der Waals surface area contributed by atoms with Crippen molar-refractivity contribution in [1.82, 2.24) is 19.5 Å². The molecule has 5 aromatic rings. The van der Waals surface area contributed by atoms with Gasteiger partial charge in [-0.05, 0) is 43.3 Å². The van der Waals surface area contributed by atoms with Gasteiger partial charge in [-0.1, -0.05) is 54.6 Å². The van der Waals surface area contributed by atoms with Gasteiger partial charge in [-0.3, -0.25) is 4.57 Å². The van der Waals surface area contributed by atoms with Crippen LogP contribution in [0.2, 0.25) is 0 Å². The summed E-state index contributed by atoms with van der Waals surface area (Å²) < 4.78 is 25.8. The molecule has 44 heavy (non-hydrogen) atoms. The summed E-state index contributed by atoms with van der Waals surface area (Å²) in [5.74, 6) is -2.01. The summed E-state index contributed by atoms with van der Waals surface area (Å²) in [6.07, 6.45) is -0.600. The second-order valence-electron chi connectivity index (χ2n) is 10.2. The predicted molar refractivity (Wildman–Crippen MR) is 156 cm³/mol. The molecule has 3 unspecified atom stereocenters. The number of anilines is 1. The van der Waals surface area contributed by atoms with Crippen LogP contribution in [0.15, 0.2) is 104 Å². The van der Waals surface area contributed by atoms with Gasteiger partial charge < -0.3 is 24.7 Å². The fourth-order valence-corrected chi connectivity index (χ4v) is 5.07. The molecule has 0 radical (unpaired) electrons. The first-order valence-corrected chi connectivity index (χ1v) is 13.7. The normalized spacial score (nSPS) is 21.1. The number of hydrogen-bond acceptors (Lipinski definition) is 11. The van der Waals surface area contributed by atoms with Crippen LogP contribution in [0.1, 0.15) is 44.2 Å². The molecule has 1 fully saturated rings. The quantitative estimate of drug-likeness (QED) is 0.205. The van der Waals surface area contributed by atoms with Crippen molar-refractivity contribution in [2.75, 3.05) is 12.3 Å². The van der Waals surface area contributed by atoms with Gasteiger partial charge in [0, 0.05) is 0 Å². The Hall–Kier alpha value is -5.62. The average Bonchev–Trinajstić information content (AvgIpc) is 3.58. The van der Waals surface area contributed by atoms with Crippen LogP contribution in [0, 0.1) is 0 Å². The number of imidazole rings is 1. The summed E-state index contributed by atoms with van der Waals surface area (Å²) in [6.45, 7) is 1.25. The second-order valence-corrected chi connectivity index (χ2v) is 10.2. The first kappa shape index (κ1) is 28.5. The molecule has 0 aliphatic carbocycles. The van der Waals surface area contributed by atoms with Crippen molar-refractivity contribution in [1.29, 1.82) is 0 Å². The minimum absolute atomic E-state index is 0.0133. The van der Waals surface area contributed by atoms with E-state index in [1.807, 2.05) is 0 Å². The Labute approximate surface area is 251 Å². The minimum atomic E-state index is -1.69. The highest BCUT2D eigenvalue weighted by molar-refractivity contribution is 5.91. The molecule has 1 aliphatic rings. The lowest BCUT2D eigenvalue weighted by Gasteiger charge is -2.34. The number of hydrogen-bond donors (Lipinski definition) is 1. The van der Waals surface area contributed by atoms with Crippen LogP contribution < -0.4 is 5.73 Å². The molecule has 3 heterocycles. The van der Waals surface area contributed by atoms with Gasteiger partial charge in [0.2, 0.25) is 5.95 Å². The number of esters is 3. The highest BCUT2D eigenvalue weighted by atomic mass is 16.7. The highest BCUT2D eigenvalue weighted by Gasteiger charge is 2.60. The number of fused-ring (bicyclic) bond motifs is 1. The molecule has 4 atom stereocenters. The lowest BCUT2D eigenvalue weighted by Crippen LogP contribution is -2.50. The third-order valence-corrected chi connectivity index (χ3v) is 7.24. The molecule has 222 valence electrons. The van der Waals surface area contributed by atoms with Crippen LogP contribution in [0.4, 0.5) is 5.95 Å². The van der Waals surface area contributed by atoms with Gasteiger partial charge in [-0.15, -0.1) is 0 Å². The number of nitrogens with two attached hydrogens (primary N) is 1. The van der Waals surface area contributed by atoms with E-state index in [1.165, 1.54) is 17.1 Å². The van der Waals surface area contributed by atoms with E-state index in [2.05, 4.69) is 15.0 Å². The summed E-state index contributed by atoms with van der Waals surface area (Å²) >= 11 is 0. The van der Waals surface area contributed by atoms with Crippen LogP contribution in [0.3, 0.4) is 0 Å². The van der Waals surface area contributed by atoms with Crippen molar-refractivity contribution in [3.8, 4) is 0 Å². The Morgan fingerprint density at radius 3 is 2.02 bits per heavy atom. The number of aromatic nitrogens is 4. The molecule has 2 aromatic heterocycles. The molecule has 0 amide bonds. The molecular weight excluding hydrogens is 566 g/mol. The van der Waals surface area contributed by atoms with E-state index in [-0.39, 0.29) is 23.7 Å². The maximum atomic E-state index is 13.5. The average molecular weight is 594 g/mol. The third-order valence-electron chi connectivity index (χ3n) is 7.24. The minimum Gasteiger partial charge on any atom is -0.459 e. The molecule has 2 N–H and O–H groups in total. The Balaban J connectivity index is 1.41. The Kier molecular flexibility index (Phi) is 7.73. The Bertz CT molecular complexity index is 1800. The topological polar surface area (TPSA) is 158 Å². The van der Waals surface area contributed by atoms with Gasteiger partial charge in [0.25, 0.3) is 0 Å². The summed E-state index contributed by atoms with van der Waals surface area (Å²) in [4.78, 5) is 52.5. The van der Waals surface area contributed by atoms with E-state index in [0.29, 0.717) is 16.7 Å². The zero-order chi connectivity index (χ0) is 30.7. The van der Waals surface area contributed by atoms with E-state index in [9.17, 15) is 14.4 Å². The molecule has 1 aliphatic heterocycles. The van der Waals surface area contributed by atoms with Crippen LogP contribution in [0.25, 0.3) is 11.2 Å². The number of nitrogen functional groups attached to an aromatic ring is 1. The van der Waals surface area contributed by atoms with Crippen molar-refractivity contribution in [3.05, 3.63) is 120 Å². The van der Waals surface area contributed by atoms with Crippen LogP contribution in [-0.2, 0) is 18.9 Å². The summed E-state index contributed by atoms with van der Waals surface area (Å²) in [6, 6.07) is 25.1. The van der Waals surface area contributed by atoms with E-state index in [1.54, 1.807) is 97.9 Å². The van der Waals surface area contributed by atoms with Crippen LogP contribution in [-0.4, -0.2) is 61.8 Å². The molecule has 12 nitrogen and oxygen atoms in total. The number of ether oxygens (including phenoxy) is 4. The third kappa shape index (κ3) is 5.57. The smallest absolute Gasteiger partial charge is 0.338 e. The highest BCUT2D eigenvalue weighted by Crippen LogP contribution is 2.45. The first-order chi connectivity index (χ1) is 21.3. The van der Waals surface area contributed by atoms with E-state index in [4.69, 9.17) is 24.7 Å². The molecule has 0 saturated carbocycles. The Morgan fingerprint density at radius 1 is 0.841 bits per heavy atom. The largest absolute Gasteiger partial charge is 0.459 e. The summed E-state index contributed by atoms with van der Waals surface area (Å²) in [5, 5.41) is 0. The maximum Gasteiger partial charge on any atom is 0.338 e. The maximum absolute atomic E-state index is 13.5. The van der Waals surface area contributed by atoms with Crippen molar-refractivity contribution < 1.29 is 33.3 Å². The summed E-state index contributed by atoms with van der Waals surface area (Å²) in [5.41, 5.74) is 5.74. The van der Waals surface area contributed by atoms with E-state index in [0.717, 1.165) is 0 Å². The summed E-state index contributed by atoms with van der Waals surface area (Å²) in [7, 11) is 0. The van der Waals surface area contributed by atoms with Gasteiger partial charge in [-0.2, -0.15) is 4.98 Å². The molecule has 6 rings (SSSR count). The lowest BCUT2D eigenvalue weighted by atomic mass is 9.95. The van der Waals surface area contributed by atoms with Gasteiger partial charge in [0.05, 0.1) is 29.2 Å². The number of nitrogens with zero attached hydrogens (tertiary/aromatic N) is 4. The zero-order valence-corrected chi connectivity index (χ0v) is 23.5. The van der Waals surface area contributed by atoms with Crippen LogP contribution in [0.5, 0.6) is 0 Å². The van der Waals surface area contributed by atoms with Gasteiger partial charge in [0.1, 0.15) is 18.2 Å². The number of carbonyl (C=O) groups is 3. The van der Waals surface area contributed by atoms with E-state index < -0.39 is 41.9 Å². The first-order valence-electron chi connectivity index (χ1n) is 13.7. The molecule has 3 aromatic carbocycles. The number of carbonyl (C=O) groups excluding carboxylic acids is 3. The Morgan fingerprint density at radius 2 is 1.41 bits per heavy atom. The molecule has 12 heteroatoms. The fourth-order valence-electron chi connectivity index (χ4n) is 5.07. The molecule has 1 saturated heterocycles. The van der Waals surface area contributed by atoms with Crippen molar-refractivity contribution >= 4 is 35.0 Å². The standard InChI is InChI=1S/C32H27N5O7/c1-32(44-29(40)22-15-9-4-10-16-22)25(43-28(39)21-13-7-3-8-14-21)24(18-41-27(38)20-11-5-2-6-12-20)42-30(32)37-19-35-23-17-34-31(33)36-26(23)37/h2-17,19,24-25,30H,18H2,1H3,(H2,33,34,36)/t24?,25?,30?,32-/m1/s1. The van der Waals surface area contributed by atoms with Crippen molar-refractivity contribution in [3.63, 3.8) is 0 Å². The second kappa shape index (κ2) is 11.9. The predicted octanol–water partition coefficient (Wildman–Crippen LogP) is 4.00. The number of benzene rings is 3. The van der Waals surface area contributed by atoms with Crippen molar-refractivity contribution in [2.24, 2.45) is 0 Å². The zero-order valence-electron chi connectivity index (χ0n) is 23.5. The fraction of sp³-hybridized carbons (Fsp3) is 0.188. The molecule has 0 bridgehead atoms. The molecule has 0 spiro atoms. The van der Waals surface area contributed by atoms with Gasteiger partial charge in [-0.25, -0.2) is 24.4 Å².